The summed E-state index contributed by atoms with van der Waals surface area (Å²) in [4.78, 5) is 14.1. The molecule has 0 bridgehead atoms. The van der Waals surface area contributed by atoms with E-state index in [1.165, 1.54) is 4.31 Å². The Labute approximate surface area is 154 Å². The molecule has 0 aromatic heterocycles. The summed E-state index contributed by atoms with van der Waals surface area (Å²) in [6.07, 6.45) is -0.415. The Kier molecular flexibility index (Phi) is 5.58. The van der Waals surface area contributed by atoms with Crippen molar-refractivity contribution in [3.05, 3.63) is 65.7 Å². The molecule has 1 fully saturated rings. The van der Waals surface area contributed by atoms with Crippen LogP contribution in [0.1, 0.15) is 11.1 Å². The highest BCUT2D eigenvalue weighted by Gasteiger charge is 2.31. The van der Waals surface area contributed by atoms with Gasteiger partial charge >= 0.3 is 6.09 Å². The molecule has 0 spiro atoms. The van der Waals surface area contributed by atoms with Gasteiger partial charge in [-0.2, -0.15) is 4.31 Å². The second-order valence-electron chi connectivity index (χ2n) is 6.20. The van der Waals surface area contributed by atoms with Crippen LogP contribution in [0, 0.1) is 6.92 Å². The first-order valence-electron chi connectivity index (χ1n) is 8.50. The maximum atomic E-state index is 12.8. The van der Waals surface area contributed by atoms with E-state index in [2.05, 4.69) is 0 Å². The molecule has 26 heavy (non-hydrogen) atoms. The number of amides is 1. The Morgan fingerprint density at radius 3 is 2.23 bits per heavy atom. The predicted molar refractivity (Wildman–Crippen MR) is 98.1 cm³/mol. The fourth-order valence-electron chi connectivity index (χ4n) is 2.91. The number of nitrogens with zero attached hydrogens (tertiary/aromatic N) is 2. The molecule has 0 N–H and O–H groups in total. The van der Waals surface area contributed by atoms with Crippen LogP contribution in [0.5, 0.6) is 0 Å². The van der Waals surface area contributed by atoms with Crippen LogP contribution in [0.2, 0.25) is 0 Å². The molecule has 0 aliphatic carbocycles. The summed E-state index contributed by atoms with van der Waals surface area (Å²) < 4.78 is 32.3. The topological polar surface area (TPSA) is 66.9 Å². The highest BCUT2D eigenvalue weighted by Crippen LogP contribution is 2.21. The van der Waals surface area contributed by atoms with Crippen LogP contribution in [0.4, 0.5) is 4.79 Å². The van der Waals surface area contributed by atoms with Gasteiger partial charge in [-0.15, -0.1) is 0 Å². The van der Waals surface area contributed by atoms with Gasteiger partial charge in [0.15, 0.2) is 0 Å². The number of hydrogen-bond acceptors (Lipinski definition) is 4. The predicted octanol–water partition coefficient (Wildman–Crippen LogP) is 2.64. The third-order valence-corrected chi connectivity index (χ3v) is 6.47. The van der Waals surface area contributed by atoms with Crippen molar-refractivity contribution in [2.75, 3.05) is 26.2 Å². The SMILES string of the molecule is Cc1ccccc1S(=O)(=O)N1CCN(C(=O)OCc2ccccc2)CC1. The first-order chi connectivity index (χ1) is 12.5. The molecular weight excluding hydrogens is 352 g/mol. The normalized spacial score (nSPS) is 15.7. The number of sulfonamides is 1. The number of carbonyl (C=O) groups is 1. The lowest BCUT2D eigenvalue weighted by atomic mass is 10.2. The number of hydrogen-bond donors (Lipinski definition) is 0. The maximum absolute atomic E-state index is 12.8. The zero-order chi connectivity index (χ0) is 18.6. The molecule has 3 rings (SSSR count). The Morgan fingerprint density at radius 1 is 0.962 bits per heavy atom. The van der Waals surface area contributed by atoms with Gasteiger partial charge in [0.25, 0.3) is 0 Å². The maximum Gasteiger partial charge on any atom is 0.410 e. The first kappa shape index (κ1) is 18.4. The van der Waals surface area contributed by atoms with Gasteiger partial charge in [-0.05, 0) is 24.1 Å². The first-order valence-corrected chi connectivity index (χ1v) is 9.94. The zero-order valence-corrected chi connectivity index (χ0v) is 15.5. The van der Waals surface area contributed by atoms with E-state index in [1.807, 2.05) is 36.4 Å². The highest BCUT2D eigenvalue weighted by molar-refractivity contribution is 7.89. The van der Waals surface area contributed by atoms with Gasteiger partial charge in [0.1, 0.15) is 6.61 Å². The molecule has 1 heterocycles. The van der Waals surface area contributed by atoms with E-state index in [0.717, 1.165) is 11.1 Å². The van der Waals surface area contributed by atoms with Crippen LogP contribution in [0.25, 0.3) is 0 Å². The highest BCUT2D eigenvalue weighted by atomic mass is 32.2. The number of ether oxygens (including phenoxy) is 1. The molecule has 1 amide bonds. The van der Waals surface area contributed by atoms with Gasteiger partial charge in [0.2, 0.25) is 10.0 Å². The van der Waals surface area contributed by atoms with E-state index >= 15 is 0 Å². The Hall–Kier alpha value is -2.38. The molecule has 1 aliphatic rings. The number of piperazine rings is 1. The van der Waals surface area contributed by atoms with E-state index < -0.39 is 16.1 Å². The minimum atomic E-state index is -3.54. The van der Waals surface area contributed by atoms with E-state index in [0.29, 0.717) is 18.0 Å². The fourth-order valence-corrected chi connectivity index (χ4v) is 4.55. The lowest BCUT2D eigenvalue weighted by Gasteiger charge is -2.33. The van der Waals surface area contributed by atoms with Crippen molar-refractivity contribution >= 4 is 16.1 Å². The summed E-state index contributed by atoms with van der Waals surface area (Å²) in [6, 6.07) is 16.4. The van der Waals surface area contributed by atoms with Crippen LogP contribution >= 0.6 is 0 Å². The summed E-state index contributed by atoms with van der Waals surface area (Å²) in [5.41, 5.74) is 1.64. The lowest BCUT2D eigenvalue weighted by molar-refractivity contribution is 0.0838. The summed E-state index contributed by atoms with van der Waals surface area (Å²) in [7, 11) is -3.54. The van der Waals surface area contributed by atoms with Crippen molar-refractivity contribution in [1.29, 1.82) is 0 Å². The van der Waals surface area contributed by atoms with Crippen molar-refractivity contribution < 1.29 is 17.9 Å². The van der Waals surface area contributed by atoms with Crippen molar-refractivity contribution in [2.24, 2.45) is 0 Å². The van der Waals surface area contributed by atoms with Crippen LogP contribution in [-0.4, -0.2) is 49.9 Å². The second kappa shape index (κ2) is 7.88. The quantitative estimate of drug-likeness (QED) is 0.825. The third kappa shape index (κ3) is 4.05. The Bertz CT molecular complexity index is 860. The summed E-state index contributed by atoms with van der Waals surface area (Å²) in [5, 5.41) is 0. The van der Waals surface area contributed by atoms with E-state index in [4.69, 9.17) is 4.74 Å². The molecule has 1 aliphatic heterocycles. The van der Waals surface area contributed by atoms with Crippen molar-refractivity contribution in [3.8, 4) is 0 Å². The molecule has 0 atom stereocenters. The van der Waals surface area contributed by atoms with Gasteiger partial charge < -0.3 is 9.64 Å². The minimum absolute atomic E-state index is 0.210. The van der Waals surface area contributed by atoms with Crippen LogP contribution < -0.4 is 0 Å². The smallest absolute Gasteiger partial charge is 0.410 e. The van der Waals surface area contributed by atoms with Crippen molar-refractivity contribution in [2.45, 2.75) is 18.4 Å². The summed E-state index contributed by atoms with van der Waals surface area (Å²) >= 11 is 0. The lowest BCUT2D eigenvalue weighted by Crippen LogP contribution is -2.50. The molecule has 2 aromatic rings. The molecule has 0 saturated carbocycles. The zero-order valence-electron chi connectivity index (χ0n) is 14.7. The summed E-state index contributed by atoms with van der Waals surface area (Å²) in [5.74, 6) is 0. The molecule has 1 saturated heterocycles. The molecule has 6 nitrogen and oxygen atoms in total. The molecule has 138 valence electrons. The van der Waals surface area contributed by atoms with E-state index in [-0.39, 0.29) is 19.7 Å². The third-order valence-electron chi connectivity index (χ3n) is 4.41. The number of carbonyl (C=O) groups excluding carboxylic acids is 1. The Morgan fingerprint density at radius 2 is 1.58 bits per heavy atom. The van der Waals surface area contributed by atoms with Gasteiger partial charge in [0.05, 0.1) is 4.90 Å². The van der Waals surface area contributed by atoms with E-state index in [9.17, 15) is 13.2 Å². The average Bonchev–Trinajstić information content (AvgIpc) is 2.67. The van der Waals surface area contributed by atoms with Crippen molar-refractivity contribution in [1.82, 2.24) is 9.21 Å². The molecular formula is C19H22N2O4S. The Balaban J connectivity index is 1.57. The molecule has 0 radical (unpaired) electrons. The largest absolute Gasteiger partial charge is 0.445 e. The monoisotopic (exact) mass is 374 g/mol. The van der Waals surface area contributed by atoms with E-state index in [1.54, 1.807) is 30.0 Å². The van der Waals surface area contributed by atoms with Crippen LogP contribution in [-0.2, 0) is 21.4 Å². The second-order valence-corrected chi connectivity index (χ2v) is 8.10. The van der Waals surface area contributed by atoms with Gasteiger partial charge in [-0.3, -0.25) is 0 Å². The number of rotatable bonds is 4. The van der Waals surface area contributed by atoms with Gasteiger partial charge in [-0.1, -0.05) is 48.5 Å². The van der Waals surface area contributed by atoms with Gasteiger partial charge in [0, 0.05) is 26.2 Å². The summed E-state index contributed by atoms with van der Waals surface area (Å²) in [6.45, 7) is 3.15. The number of benzene rings is 2. The van der Waals surface area contributed by atoms with Gasteiger partial charge in [-0.25, -0.2) is 13.2 Å². The number of aryl methyl sites for hydroxylation is 1. The fraction of sp³-hybridized carbons (Fsp3) is 0.316. The van der Waals surface area contributed by atoms with Crippen LogP contribution in [0.3, 0.4) is 0 Å². The molecule has 0 unspecified atom stereocenters. The minimum Gasteiger partial charge on any atom is -0.445 e. The van der Waals surface area contributed by atoms with Crippen LogP contribution in [0.15, 0.2) is 59.5 Å². The van der Waals surface area contributed by atoms with Crippen molar-refractivity contribution in [3.63, 3.8) is 0 Å². The molecule has 2 aromatic carbocycles. The molecule has 7 heteroatoms. The standard InChI is InChI=1S/C19H22N2O4S/c1-16-7-5-6-10-18(16)26(23,24)21-13-11-20(12-14-21)19(22)25-15-17-8-3-2-4-9-17/h2-10H,11-15H2,1H3. The average molecular weight is 374 g/mol.